The van der Waals surface area contributed by atoms with E-state index in [-0.39, 0.29) is 28.2 Å². The van der Waals surface area contributed by atoms with Gasteiger partial charge in [-0.15, -0.1) is 0 Å². The van der Waals surface area contributed by atoms with Crippen molar-refractivity contribution in [1.82, 2.24) is 0 Å². The summed E-state index contributed by atoms with van der Waals surface area (Å²) < 4.78 is 0. The zero-order valence-corrected chi connectivity index (χ0v) is 15.4. The van der Waals surface area contributed by atoms with Gasteiger partial charge in [0.1, 0.15) is 11.5 Å². The normalized spacial score (nSPS) is 10.6. The van der Waals surface area contributed by atoms with Crippen LogP contribution in [0.5, 0.6) is 11.5 Å². The van der Waals surface area contributed by atoms with Gasteiger partial charge >= 0.3 is 0 Å². The van der Waals surface area contributed by atoms with E-state index in [0.29, 0.717) is 11.1 Å². The molecule has 0 saturated carbocycles. The van der Waals surface area contributed by atoms with Crippen LogP contribution < -0.4 is 0 Å². The van der Waals surface area contributed by atoms with Crippen LogP contribution in [0, 0.1) is 20.8 Å². The van der Waals surface area contributed by atoms with Gasteiger partial charge in [0.25, 0.3) is 0 Å². The maximum atomic E-state index is 13.0. The third kappa shape index (κ3) is 3.22. The van der Waals surface area contributed by atoms with Gasteiger partial charge in [-0.05, 0) is 38.0 Å². The average Bonchev–Trinajstić information content (AvgIpc) is 2.66. The molecule has 0 spiro atoms. The lowest BCUT2D eigenvalue weighted by Crippen LogP contribution is -2.10. The Morgan fingerprint density at radius 2 is 1.00 bits per heavy atom. The summed E-state index contributed by atoms with van der Waals surface area (Å²) >= 11 is 0. The minimum Gasteiger partial charge on any atom is -0.507 e. The van der Waals surface area contributed by atoms with Gasteiger partial charge in [0.2, 0.25) is 0 Å². The highest BCUT2D eigenvalue weighted by Gasteiger charge is 2.25. The number of aryl methyl sites for hydroxylation is 2. The Hall–Kier alpha value is -3.40. The number of ketones is 2. The number of benzene rings is 3. The summed E-state index contributed by atoms with van der Waals surface area (Å²) in [5.74, 6) is -1.43. The Labute approximate surface area is 157 Å². The maximum absolute atomic E-state index is 13.0. The molecule has 136 valence electrons. The van der Waals surface area contributed by atoms with Crippen molar-refractivity contribution in [1.29, 1.82) is 0 Å². The fourth-order valence-corrected chi connectivity index (χ4v) is 3.09. The number of phenols is 2. The van der Waals surface area contributed by atoms with Gasteiger partial charge < -0.3 is 10.2 Å². The Bertz CT molecular complexity index is 982. The SMILES string of the molecule is Cc1ccccc1C(=O)c1cc(C(=O)c2ccccc2C)c(O)c(C)c1O. The first-order valence-electron chi connectivity index (χ1n) is 8.59. The summed E-state index contributed by atoms with van der Waals surface area (Å²) in [5, 5.41) is 20.9. The van der Waals surface area contributed by atoms with E-state index in [9.17, 15) is 19.8 Å². The minimum absolute atomic E-state index is 0.00321. The van der Waals surface area contributed by atoms with E-state index in [1.807, 2.05) is 12.1 Å². The molecule has 0 aliphatic carbocycles. The topological polar surface area (TPSA) is 74.6 Å². The van der Waals surface area contributed by atoms with Crippen molar-refractivity contribution in [3.8, 4) is 11.5 Å². The molecular formula is C23H20O4. The molecule has 0 bridgehead atoms. The number of phenolic OH excluding ortho intramolecular Hbond substituents is 2. The molecule has 3 aromatic rings. The molecule has 0 saturated heterocycles. The second kappa shape index (κ2) is 7.08. The molecular weight excluding hydrogens is 340 g/mol. The molecule has 0 fully saturated rings. The van der Waals surface area contributed by atoms with E-state index < -0.39 is 11.6 Å². The summed E-state index contributed by atoms with van der Waals surface area (Å²) in [5.41, 5.74) is 2.50. The lowest BCUT2D eigenvalue weighted by atomic mass is 9.91. The zero-order valence-electron chi connectivity index (χ0n) is 15.4. The highest BCUT2D eigenvalue weighted by atomic mass is 16.3. The summed E-state index contributed by atoms with van der Waals surface area (Å²) in [4.78, 5) is 26.0. The van der Waals surface area contributed by atoms with E-state index in [4.69, 9.17) is 0 Å². The molecule has 0 heterocycles. The number of carbonyl (C=O) groups excluding carboxylic acids is 2. The number of hydrogen-bond donors (Lipinski definition) is 2. The second-order valence-electron chi connectivity index (χ2n) is 6.58. The van der Waals surface area contributed by atoms with Gasteiger partial charge in [-0.25, -0.2) is 0 Å². The Morgan fingerprint density at radius 3 is 1.37 bits per heavy atom. The van der Waals surface area contributed by atoms with Crippen molar-refractivity contribution >= 4 is 11.6 Å². The number of rotatable bonds is 4. The molecule has 0 aromatic heterocycles. The molecule has 0 atom stereocenters. The van der Waals surface area contributed by atoms with E-state index in [1.54, 1.807) is 50.2 Å². The first kappa shape index (κ1) is 18.4. The predicted octanol–water partition coefficient (Wildman–Crippen LogP) is 4.49. The second-order valence-corrected chi connectivity index (χ2v) is 6.58. The first-order chi connectivity index (χ1) is 12.8. The Kier molecular flexibility index (Phi) is 4.82. The van der Waals surface area contributed by atoms with Crippen molar-refractivity contribution in [3.63, 3.8) is 0 Å². The molecule has 27 heavy (non-hydrogen) atoms. The molecule has 4 nitrogen and oxygen atoms in total. The number of aromatic hydroxyl groups is 2. The molecule has 0 aliphatic rings. The molecule has 3 aromatic carbocycles. The van der Waals surface area contributed by atoms with Crippen LogP contribution in [0.3, 0.4) is 0 Å². The summed E-state index contributed by atoms with van der Waals surface area (Å²) in [6, 6.07) is 15.3. The lowest BCUT2D eigenvalue weighted by molar-refractivity contribution is 0.103. The van der Waals surface area contributed by atoms with Crippen LogP contribution in [-0.2, 0) is 0 Å². The van der Waals surface area contributed by atoms with Gasteiger partial charge in [-0.3, -0.25) is 9.59 Å². The predicted molar refractivity (Wildman–Crippen MR) is 104 cm³/mol. The first-order valence-corrected chi connectivity index (χ1v) is 8.59. The van der Waals surface area contributed by atoms with Crippen LogP contribution in [0.25, 0.3) is 0 Å². The average molecular weight is 360 g/mol. The molecule has 4 heteroatoms. The van der Waals surface area contributed by atoms with Crippen molar-refractivity contribution in [2.24, 2.45) is 0 Å². The fourth-order valence-electron chi connectivity index (χ4n) is 3.09. The maximum Gasteiger partial charge on any atom is 0.197 e. The van der Waals surface area contributed by atoms with Gasteiger partial charge in [0.05, 0.1) is 11.1 Å². The largest absolute Gasteiger partial charge is 0.507 e. The highest BCUT2D eigenvalue weighted by molar-refractivity contribution is 6.16. The highest BCUT2D eigenvalue weighted by Crippen LogP contribution is 2.36. The zero-order chi connectivity index (χ0) is 19.7. The molecule has 0 unspecified atom stereocenters. The van der Waals surface area contributed by atoms with Crippen LogP contribution in [0.1, 0.15) is 48.5 Å². The van der Waals surface area contributed by atoms with Crippen LogP contribution in [0.2, 0.25) is 0 Å². The van der Waals surface area contributed by atoms with Crippen molar-refractivity contribution in [3.05, 3.63) is 93.5 Å². The van der Waals surface area contributed by atoms with Crippen molar-refractivity contribution in [2.45, 2.75) is 20.8 Å². The van der Waals surface area contributed by atoms with Gasteiger partial charge in [0, 0.05) is 16.7 Å². The third-order valence-corrected chi connectivity index (χ3v) is 4.78. The van der Waals surface area contributed by atoms with E-state index in [2.05, 4.69) is 0 Å². The molecule has 0 amide bonds. The molecule has 2 N–H and O–H groups in total. The fraction of sp³-hybridized carbons (Fsp3) is 0.130. The molecule has 0 radical (unpaired) electrons. The van der Waals surface area contributed by atoms with E-state index in [0.717, 1.165) is 11.1 Å². The number of hydrogen-bond acceptors (Lipinski definition) is 4. The smallest absolute Gasteiger partial charge is 0.197 e. The van der Waals surface area contributed by atoms with Gasteiger partial charge in [0.15, 0.2) is 11.6 Å². The van der Waals surface area contributed by atoms with Crippen LogP contribution in [0.4, 0.5) is 0 Å². The lowest BCUT2D eigenvalue weighted by Gasteiger charge is -2.14. The van der Waals surface area contributed by atoms with Crippen LogP contribution >= 0.6 is 0 Å². The Balaban J connectivity index is 2.18. The minimum atomic E-state index is -0.396. The molecule has 0 aliphatic heterocycles. The quantitative estimate of drug-likeness (QED) is 0.673. The summed E-state index contributed by atoms with van der Waals surface area (Å²) in [6.45, 7) is 5.09. The van der Waals surface area contributed by atoms with E-state index >= 15 is 0 Å². The Morgan fingerprint density at radius 1 is 0.630 bits per heavy atom. The summed E-state index contributed by atoms with van der Waals surface area (Å²) in [6.07, 6.45) is 0. The summed E-state index contributed by atoms with van der Waals surface area (Å²) in [7, 11) is 0. The van der Waals surface area contributed by atoms with E-state index in [1.165, 1.54) is 13.0 Å². The molecule has 3 rings (SSSR count). The third-order valence-electron chi connectivity index (χ3n) is 4.78. The number of carbonyl (C=O) groups is 2. The standard InChI is InChI=1S/C23H20O4/c1-13-8-4-6-10-16(13)22(26)18-12-19(21(25)15(3)20(18)24)23(27)17-11-7-5-9-14(17)2/h4-12,24-25H,1-3H3. The van der Waals surface area contributed by atoms with Gasteiger partial charge in [-0.2, -0.15) is 0 Å². The van der Waals surface area contributed by atoms with Crippen LogP contribution in [0.15, 0.2) is 54.6 Å². The monoisotopic (exact) mass is 360 g/mol. The van der Waals surface area contributed by atoms with Crippen molar-refractivity contribution in [2.75, 3.05) is 0 Å². The van der Waals surface area contributed by atoms with Crippen LogP contribution in [-0.4, -0.2) is 21.8 Å². The van der Waals surface area contributed by atoms with Crippen molar-refractivity contribution < 1.29 is 19.8 Å². The van der Waals surface area contributed by atoms with Gasteiger partial charge in [-0.1, -0.05) is 48.5 Å².